The Labute approximate surface area is 94.5 Å². The first-order valence-corrected chi connectivity index (χ1v) is 5.37. The maximum absolute atomic E-state index is 12.0. The zero-order chi connectivity index (χ0) is 11.9. The third kappa shape index (κ3) is 1.43. The molecule has 0 fully saturated rings. The van der Waals surface area contributed by atoms with E-state index in [1.807, 2.05) is 6.92 Å². The van der Waals surface area contributed by atoms with Crippen molar-refractivity contribution in [1.82, 2.24) is 9.97 Å². The Kier molecular flexibility index (Phi) is 2.33. The summed E-state index contributed by atoms with van der Waals surface area (Å²) >= 11 is 0. The number of nitrogens with zero attached hydrogens (tertiary/aromatic N) is 2. The molecule has 0 saturated heterocycles. The lowest BCUT2D eigenvalue weighted by Crippen LogP contribution is -2.33. The fraction of sp³-hybridized carbons (Fsp3) is 0.545. The Hall–Kier alpha value is -1.65. The second-order valence-corrected chi connectivity index (χ2v) is 4.87. The first kappa shape index (κ1) is 10.9. The summed E-state index contributed by atoms with van der Waals surface area (Å²) in [4.78, 5) is 20.1. The number of carbonyl (C=O) groups excluding carboxylic acids is 1. The molecule has 0 radical (unpaired) electrons. The summed E-state index contributed by atoms with van der Waals surface area (Å²) in [5, 5.41) is 2.77. The SMILES string of the molecule is CC(C)CC1(C)C(=O)Nc2c(N)ncnc21. The number of hydrogen-bond acceptors (Lipinski definition) is 4. The Balaban J connectivity index is 2.51. The van der Waals surface area contributed by atoms with Gasteiger partial charge in [-0.3, -0.25) is 4.79 Å². The van der Waals surface area contributed by atoms with Crippen molar-refractivity contribution in [1.29, 1.82) is 0 Å². The van der Waals surface area contributed by atoms with Crippen LogP contribution in [0.4, 0.5) is 11.5 Å². The summed E-state index contributed by atoms with van der Waals surface area (Å²) in [7, 11) is 0. The maximum atomic E-state index is 12.0. The van der Waals surface area contributed by atoms with Gasteiger partial charge in [-0.05, 0) is 19.3 Å². The van der Waals surface area contributed by atoms with Crippen molar-refractivity contribution < 1.29 is 4.79 Å². The second-order valence-electron chi connectivity index (χ2n) is 4.87. The molecule has 3 N–H and O–H groups in total. The number of hydrogen-bond donors (Lipinski definition) is 2. The number of fused-ring (bicyclic) bond motifs is 1. The highest BCUT2D eigenvalue weighted by atomic mass is 16.2. The van der Waals surface area contributed by atoms with Crippen LogP contribution in [-0.2, 0) is 10.2 Å². The number of anilines is 2. The first-order chi connectivity index (χ1) is 7.45. The smallest absolute Gasteiger partial charge is 0.236 e. The van der Waals surface area contributed by atoms with Gasteiger partial charge in [-0.25, -0.2) is 9.97 Å². The average Bonchev–Trinajstić information content (AvgIpc) is 2.41. The van der Waals surface area contributed by atoms with Gasteiger partial charge in [0.1, 0.15) is 12.0 Å². The Morgan fingerprint density at radius 2 is 2.19 bits per heavy atom. The van der Waals surface area contributed by atoms with Crippen LogP contribution >= 0.6 is 0 Å². The number of carbonyl (C=O) groups is 1. The van der Waals surface area contributed by atoms with Gasteiger partial charge in [0.25, 0.3) is 0 Å². The van der Waals surface area contributed by atoms with Crippen molar-refractivity contribution in [3.8, 4) is 0 Å². The molecule has 1 aromatic heterocycles. The van der Waals surface area contributed by atoms with Gasteiger partial charge in [0.15, 0.2) is 5.82 Å². The highest BCUT2D eigenvalue weighted by molar-refractivity contribution is 6.07. The van der Waals surface area contributed by atoms with Crippen LogP contribution in [0.1, 0.15) is 32.9 Å². The topological polar surface area (TPSA) is 80.9 Å². The summed E-state index contributed by atoms with van der Waals surface area (Å²) in [6.45, 7) is 6.07. The quantitative estimate of drug-likeness (QED) is 0.787. The molecule has 1 aliphatic heterocycles. The Bertz CT molecular complexity index is 444. The van der Waals surface area contributed by atoms with E-state index in [0.29, 0.717) is 17.4 Å². The Morgan fingerprint density at radius 3 is 2.81 bits per heavy atom. The molecule has 0 saturated carbocycles. The van der Waals surface area contributed by atoms with E-state index in [9.17, 15) is 4.79 Å². The molecule has 0 aliphatic carbocycles. The molecule has 5 heteroatoms. The molecule has 1 unspecified atom stereocenters. The van der Waals surface area contributed by atoms with Crippen molar-refractivity contribution in [2.45, 2.75) is 32.6 Å². The van der Waals surface area contributed by atoms with Crippen molar-refractivity contribution in [3.63, 3.8) is 0 Å². The average molecular weight is 220 g/mol. The summed E-state index contributed by atoms with van der Waals surface area (Å²) < 4.78 is 0. The molecule has 1 aromatic rings. The van der Waals surface area contributed by atoms with E-state index in [1.165, 1.54) is 6.33 Å². The molecule has 1 amide bonds. The van der Waals surface area contributed by atoms with E-state index in [2.05, 4.69) is 29.1 Å². The van der Waals surface area contributed by atoms with Crippen molar-refractivity contribution in [3.05, 3.63) is 12.0 Å². The van der Waals surface area contributed by atoms with E-state index in [1.54, 1.807) is 0 Å². The molecule has 16 heavy (non-hydrogen) atoms. The van der Waals surface area contributed by atoms with Crippen LogP contribution in [0.25, 0.3) is 0 Å². The fourth-order valence-electron chi connectivity index (χ4n) is 2.31. The van der Waals surface area contributed by atoms with Gasteiger partial charge < -0.3 is 11.1 Å². The van der Waals surface area contributed by atoms with Crippen molar-refractivity contribution in [2.24, 2.45) is 5.92 Å². The first-order valence-electron chi connectivity index (χ1n) is 5.37. The van der Waals surface area contributed by atoms with E-state index in [4.69, 9.17) is 5.73 Å². The van der Waals surface area contributed by atoms with Crippen LogP contribution in [0.5, 0.6) is 0 Å². The van der Waals surface area contributed by atoms with Gasteiger partial charge in [-0.2, -0.15) is 0 Å². The predicted molar refractivity (Wildman–Crippen MR) is 61.9 cm³/mol. The number of nitrogens with two attached hydrogens (primary N) is 1. The zero-order valence-corrected chi connectivity index (χ0v) is 9.74. The summed E-state index contributed by atoms with van der Waals surface area (Å²) in [5.74, 6) is 0.715. The monoisotopic (exact) mass is 220 g/mol. The lowest BCUT2D eigenvalue weighted by molar-refractivity contribution is -0.120. The number of rotatable bonds is 2. The molecule has 0 spiro atoms. The van der Waals surface area contributed by atoms with Crippen LogP contribution in [0.2, 0.25) is 0 Å². The predicted octanol–water partition coefficient (Wildman–Crippen LogP) is 1.31. The van der Waals surface area contributed by atoms with Crippen LogP contribution in [0, 0.1) is 5.92 Å². The molecular weight excluding hydrogens is 204 g/mol. The molecule has 2 heterocycles. The Morgan fingerprint density at radius 1 is 1.50 bits per heavy atom. The fourth-order valence-corrected chi connectivity index (χ4v) is 2.31. The summed E-state index contributed by atoms with van der Waals surface area (Å²) in [6, 6.07) is 0. The molecular formula is C11H16N4O. The van der Waals surface area contributed by atoms with E-state index < -0.39 is 5.41 Å². The standard InChI is InChI=1S/C11H16N4O/c1-6(2)4-11(3)8-7(15-10(11)16)9(12)14-5-13-8/h5-6H,4H2,1-3H3,(H,15,16)(H2,12,13,14). The van der Waals surface area contributed by atoms with Gasteiger partial charge in [-0.1, -0.05) is 13.8 Å². The zero-order valence-electron chi connectivity index (χ0n) is 9.74. The highest BCUT2D eigenvalue weighted by Crippen LogP contribution is 2.41. The third-order valence-electron chi connectivity index (χ3n) is 2.96. The van der Waals surface area contributed by atoms with Crippen LogP contribution < -0.4 is 11.1 Å². The molecule has 0 aromatic carbocycles. The molecule has 2 rings (SSSR count). The van der Waals surface area contributed by atoms with Crippen LogP contribution in [0.15, 0.2) is 6.33 Å². The van der Waals surface area contributed by atoms with Gasteiger partial charge in [0, 0.05) is 0 Å². The normalized spacial score (nSPS) is 23.4. The van der Waals surface area contributed by atoms with E-state index >= 15 is 0 Å². The minimum atomic E-state index is -0.583. The molecule has 1 aliphatic rings. The minimum Gasteiger partial charge on any atom is -0.382 e. The number of nitrogen functional groups attached to an aromatic ring is 1. The highest BCUT2D eigenvalue weighted by Gasteiger charge is 2.45. The second kappa shape index (κ2) is 3.43. The van der Waals surface area contributed by atoms with Crippen molar-refractivity contribution in [2.75, 3.05) is 11.1 Å². The third-order valence-corrected chi connectivity index (χ3v) is 2.96. The largest absolute Gasteiger partial charge is 0.382 e. The maximum Gasteiger partial charge on any atom is 0.236 e. The minimum absolute atomic E-state index is 0.0385. The molecule has 1 atom stereocenters. The molecule has 86 valence electrons. The van der Waals surface area contributed by atoms with Gasteiger partial charge in [-0.15, -0.1) is 0 Å². The van der Waals surface area contributed by atoms with Gasteiger partial charge in [0.05, 0.1) is 11.1 Å². The lowest BCUT2D eigenvalue weighted by Gasteiger charge is -2.22. The number of amides is 1. The summed E-state index contributed by atoms with van der Waals surface area (Å²) in [5.41, 5.74) is 6.44. The molecule has 0 bridgehead atoms. The van der Waals surface area contributed by atoms with Crippen LogP contribution in [0.3, 0.4) is 0 Å². The number of nitrogens with one attached hydrogen (secondary N) is 1. The van der Waals surface area contributed by atoms with Gasteiger partial charge in [0.2, 0.25) is 5.91 Å². The van der Waals surface area contributed by atoms with Crippen LogP contribution in [-0.4, -0.2) is 15.9 Å². The summed E-state index contributed by atoms with van der Waals surface area (Å²) in [6.07, 6.45) is 2.16. The van der Waals surface area contributed by atoms with Crippen molar-refractivity contribution >= 4 is 17.4 Å². The number of aromatic nitrogens is 2. The van der Waals surface area contributed by atoms with E-state index in [-0.39, 0.29) is 5.91 Å². The van der Waals surface area contributed by atoms with Gasteiger partial charge >= 0.3 is 0 Å². The van der Waals surface area contributed by atoms with E-state index in [0.717, 1.165) is 12.1 Å². The molecule has 5 nitrogen and oxygen atoms in total. The lowest BCUT2D eigenvalue weighted by atomic mass is 9.80.